The third-order valence-corrected chi connectivity index (χ3v) is 3.92. The summed E-state index contributed by atoms with van der Waals surface area (Å²) >= 11 is 0. The van der Waals surface area contributed by atoms with Crippen LogP contribution in [0.1, 0.15) is 30.3 Å². The van der Waals surface area contributed by atoms with Crippen LogP contribution in [0, 0.1) is 6.92 Å². The number of guanidine groups is 1. The van der Waals surface area contributed by atoms with Crippen LogP contribution in [0.5, 0.6) is 5.75 Å². The van der Waals surface area contributed by atoms with Crippen molar-refractivity contribution in [2.75, 3.05) is 26.9 Å². The Morgan fingerprint density at radius 2 is 1.93 bits per heavy atom. The molecule has 0 atom stereocenters. The number of aryl methyl sites for hydroxylation is 1. The highest BCUT2D eigenvalue weighted by molar-refractivity contribution is 5.79. The number of benzene rings is 1. The molecule has 27 heavy (non-hydrogen) atoms. The maximum Gasteiger partial charge on any atom is 0.191 e. The van der Waals surface area contributed by atoms with E-state index in [1.807, 2.05) is 56.3 Å². The SMILES string of the molecule is CCOCCCNC(=NCc1ccc(OC)cc1)NCc1cccc(C)n1. The van der Waals surface area contributed by atoms with E-state index in [0.717, 1.165) is 54.8 Å². The highest BCUT2D eigenvalue weighted by Gasteiger charge is 2.01. The minimum Gasteiger partial charge on any atom is -0.497 e. The molecule has 0 unspecified atom stereocenters. The van der Waals surface area contributed by atoms with Crippen molar-refractivity contribution in [2.45, 2.75) is 33.4 Å². The number of methoxy groups -OCH3 is 1. The van der Waals surface area contributed by atoms with Gasteiger partial charge in [0.25, 0.3) is 0 Å². The molecule has 1 aromatic carbocycles. The van der Waals surface area contributed by atoms with E-state index in [-0.39, 0.29) is 0 Å². The van der Waals surface area contributed by atoms with Gasteiger partial charge in [0.15, 0.2) is 5.96 Å². The van der Waals surface area contributed by atoms with Crippen molar-refractivity contribution in [2.24, 2.45) is 4.99 Å². The Morgan fingerprint density at radius 1 is 1.11 bits per heavy atom. The lowest BCUT2D eigenvalue weighted by atomic mass is 10.2. The monoisotopic (exact) mass is 370 g/mol. The Kier molecular flexibility index (Phi) is 9.13. The largest absolute Gasteiger partial charge is 0.497 e. The molecule has 1 heterocycles. The number of aliphatic imine (C=N–C) groups is 1. The van der Waals surface area contributed by atoms with Crippen molar-refractivity contribution in [3.05, 3.63) is 59.4 Å². The van der Waals surface area contributed by atoms with Crippen LogP contribution in [-0.4, -0.2) is 37.8 Å². The molecule has 0 spiro atoms. The van der Waals surface area contributed by atoms with Crippen molar-refractivity contribution >= 4 is 5.96 Å². The van der Waals surface area contributed by atoms with Gasteiger partial charge < -0.3 is 20.1 Å². The molecule has 0 fully saturated rings. The molecule has 0 bridgehead atoms. The Hall–Kier alpha value is -2.60. The standard InChI is InChI=1S/C21H30N4O2/c1-4-27-14-6-13-22-21(24-16-19-8-5-7-17(2)25-19)23-15-18-9-11-20(26-3)12-10-18/h5,7-12H,4,6,13-16H2,1-3H3,(H2,22,23,24). The van der Waals surface area contributed by atoms with E-state index in [0.29, 0.717) is 13.1 Å². The van der Waals surface area contributed by atoms with Gasteiger partial charge in [0.1, 0.15) is 5.75 Å². The summed E-state index contributed by atoms with van der Waals surface area (Å²) in [6.07, 6.45) is 0.930. The van der Waals surface area contributed by atoms with Gasteiger partial charge in [0.2, 0.25) is 0 Å². The number of pyridine rings is 1. The summed E-state index contributed by atoms with van der Waals surface area (Å²) in [7, 11) is 1.67. The van der Waals surface area contributed by atoms with E-state index in [9.17, 15) is 0 Å². The minimum atomic E-state index is 0.589. The third kappa shape index (κ3) is 8.09. The second kappa shape index (κ2) is 11.9. The maximum absolute atomic E-state index is 5.39. The third-order valence-electron chi connectivity index (χ3n) is 3.92. The van der Waals surface area contributed by atoms with Crippen LogP contribution in [-0.2, 0) is 17.8 Å². The lowest BCUT2D eigenvalue weighted by Crippen LogP contribution is -2.38. The van der Waals surface area contributed by atoms with E-state index in [1.165, 1.54) is 0 Å². The molecule has 1 aromatic heterocycles. The zero-order valence-electron chi connectivity index (χ0n) is 16.5. The molecule has 0 saturated carbocycles. The molecule has 2 N–H and O–H groups in total. The first kappa shape index (κ1) is 20.7. The van der Waals surface area contributed by atoms with E-state index >= 15 is 0 Å². The number of rotatable bonds is 10. The van der Waals surface area contributed by atoms with Gasteiger partial charge in [-0.3, -0.25) is 4.98 Å². The molecule has 0 amide bonds. The molecule has 0 aliphatic rings. The predicted molar refractivity (Wildman–Crippen MR) is 109 cm³/mol. The summed E-state index contributed by atoms with van der Waals surface area (Å²) in [4.78, 5) is 9.21. The highest BCUT2D eigenvalue weighted by atomic mass is 16.5. The summed E-state index contributed by atoms with van der Waals surface area (Å²) in [5.41, 5.74) is 3.12. The summed E-state index contributed by atoms with van der Waals surface area (Å²) in [6.45, 7) is 7.51. The molecule has 0 aliphatic carbocycles. The highest BCUT2D eigenvalue weighted by Crippen LogP contribution is 2.11. The van der Waals surface area contributed by atoms with E-state index < -0.39 is 0 Å². The number of hydrogen-bond donors (Lipinski definition) is 2. The Bertz CT molecular complexity index is 702. The molecular weight excluding hydrogens is 340 g/mol. The number of hydrogen-bond acceptors (Lipinski definition) is 4. The summed E-state index contributed by atoms with van der Waals surface area (Å²) in [6, 6.07) is 14.0. The van der Waals surface area contributed by atoms with Gasteiger partial charge in [-0.1, -0.05) is 18.2 Å². The van der Waals surface area contributed by atoms with Crippen molar-refractivity contribution in [1.82, 2.24) is 15.6 Å². The summed E-state index contributed by atoms with van der Waals surface area (Å²) < 4.78 is 10.6. The first-order chi connectivity index (χ1) is 13.2. The molecule has 0 aliphatic heterocycles. The lowest BCUT2D eigenvalue weighted by molar-refractivity contribution is 0.145. The Balaban J connectivity index is 1.94. The first-order valence-electron chi connectivity index (χ1n) is 9.36. The fourth-order valence-corrected chi connectivity index (χ4v) is 2.47. The van der Waals surface area contributed by atoms with Gasteiger partial charge in [-0.2, -0.15) is 0 Å². The van der Waals surface area contributed by atoms with Crippen LogP contribution in [0.15, 0.2) is 47.5 Å². The molecular formula is C21H30N4O2. The lowest BCUT2D eigenvalue weighted by Gasteiger charge is -2.13. The molecule has 6 nitrogen and oxygen atoms in total. The smallest absolute Gasteiger partial charge is 0.191 e. The second-order valence-corrected chi connectivity index (χ2v) is 6.11. The Morgan fingerprint density at radius 3 is 2.63 bits per heavy atom. The fourth-order valence-electron chi connectivity index (χ4n) is 2.47. The fraction of sp³-hybridized carbons (Fsp3) is 0.429. The topological polar surface area (TPSA) is 67.8 Å². The van der Waals surface area contributed by atoms with Crippen molar-refractivity contribution in [3.8, 4) is 5.75 Å². The first-order valence-corrected chi connectivity index (χ1v) is 9.36. The summed E-state index contributed by atoms with van der Waals surface area (Å²) in [5.74, 6) is 1.62. The summed E-state index contributed by atoms with van der Waals surface area (Å²) in [5, 5.41) is 6.72. The number of nitrogens with zero attached hydrogens (tertiary/aromatic N) is 2. The van der Waals surface area contributed by atoms with Crippen molar-refractivity contribution in [3.63, 3.8) is 0 Å². The average Bonchev–Trinajstić information content (AvgIpc) is 2.69. The average molecular weight is 370 g/mol. The predicted octanol–water partition coefficient (Wildman–Crippen LogP) is 3.06. The minimum absolute atomic E-state index is 0.589. The Labute approximate surface area is 162 Å². The zero-order chi connectivity index (χ0) is 19.3. The number of nitrogens with one attached hydrogen (secondary N) is 2. The van der Waals surface area contributed by atoms with Gasteiger partial charge in [0, 0.05) is 25.5 Å². The van der Waals surface area contributed by atoms with Gasteiger partial charge in [-0.25, -0.2) is 4.99 Å². The van der Waals surface area contributed by atoms with E-state index in [2.05, 4.69) is 20.6 Å². The second-order valence-electron chi connectivity index (χ2n) is 6.11. The van der Waals surface area contributed by atoms with Crippen LogP contribution in [0.3, 0.4) is 0 Å². The maximum atomic E-state index is 5.39. The molecule has 0 radical (unpaired) electrons. The van der Waals surface area contributed by atoms with Crippen molar-refractivity contribution < 1.29 is 9.47 Å². The molecule has 2 rings (SSSR count). The normalized spacial score (nSPS) is 11.3. The molecule has 0 saturated heterocycles. The quantitative estimate of drug-likeness (QED) is 0.382. The van der Waals surface area contributed by atoms with Crippen molar-refractivity contribution in [1.29, 1.82) is 0 Å². The number of ether oxygens (including phenoxy) is 2. The van der Waals surface area contributed by atoms with Crippen LogP contribution < -0.4 is 15.4 Å². The van der Waals surface area contributed by atoms with Crippen LogP contribution in [0.4, 0.5) is 0 Å². The van der Waals surface area contributed by atoms with Gasteiger partial charge in [-0.15, -0.1) is 0 Å². The van der Waals surface area contributed by atoms with Crippen LogP contribution in [0.25, 0.3) is 0 Å². The molecule has 146 valence electrons. The zero-order valence-corrected chi connectivity index (χ0v) is 16.5. The van der Waals surface area contributed by atoms with Gasteiger partial charge in [0.05, 0.1) is 25.9 Å². The van der Waals surface area contributed by atoms with Crippen LogP contribution >= 0.6 is 0 Å². The van der Waals surface area contributed by atoms with Gasteiger partial charge in [-0.05, 0) is 50.1 Å². The molecule has 2 aromatic rings. The van der Waals surface area contributed by atoms with E-state index in [4.69, 9.17) is 9.47 Å². The number of aromatic nitrogens is 1. The van der Waals surface area contributed by atoms with Gasteiger partial charge >= 0.3 is 0 Å². The van der Waals surface area contributed by atoms with Crippen LogP contribution in [0.2, 0.25) is 0 Å². The van der Waals surface area contributed by atoms with E-state index in [1.54, 1.807) is 7.11 Å². The molecule has 6 heteroatoms.